The molecule has 0 aromatic carbocycles. The highest BCUT2D eigenvalue weighted by Gasteiger charge is 1.79. The van der Waals surface area contributed by atoms with Crippen LogP contribution in [-0.4, -0.2) is 19.0 Å². The lowest BCUT2D eigenvalue weighted by molar-refractivity contribution is 1.26. The molecule has 2 nitrogen and oxygen atoms in total. The van der Waals surface area contributed by atoms with Gasteiger partial charge in [0.25, 0.3) is 0 Å². The molecule has 2 heteroatoms. The number of allylic oxidation sites excluding steroid dienone is 3. The van der Waals surface area contributed by atoms with Gasteiger partial charge in [-0.15, -0.1) is 0 Å². The van der Waals surface area contributed by atoms with Crippen LogP contribution in [0.15, 0.2) is 46.6 Å². The van der Waals surface area contributed by atoms with Gasteiger partial charge in [-0.1, -0.05) is 24.8 Å². The zero-order valence-corrected chi connectivity index (χ0v) is 6.27. The molecule has 1 aliphatic rings. The summed E-state index contributed by atoms with van der Waals surface area (Å²) in [6, 6.07) is 0. The van der Waals surface area contributed by atoms with Crippen LogP contribution in [0.1, 0.15) is 0 Å². The molecule has 0 aromatic rings. The summed E-state index contributed by atoms with van der Waals surface area (Å²) in [6.07, 6.45) is 11.0. The van der Waals surface area contributed by atoms with E-state index in [4.69, 9.17) is 0 Å². The van der Waals surface area contributed by atoms with Crippen LogP contribution in [0.2, 0.25) is 0 Å². The molecule has 0 atom stereocenters. The maximum Gasteiger partial charge on any atom is 0.0573 e. The second-order valence-corrected chi connectivity index (χ2v) is 2.07. The van der Waals surface area contributed by atoms with Crippen molar-refractivity contribution in [1.29, 1.82) is 0 Å². The molecule has 0 spiro atoms. The Morgan fingerprint density at radius 1 is 1.27 bits per heavy atom. The van der Waals surface area contributed by atoms with Crippen LogP contribution in [0.25, 0.3) is 0 Å². The summed E-state index contributed by atoms with van der Waals surface area (Å²) in [5.74, 6) is 0. The van der Waals surface area contributed by atoms with Crippen molar-refractivity contribution in [3.63, 3.8) is 0 Å². The number of hydrogen-bond donors (Lipinski definition) is 0. The summed E-state index contributed by atoms with van der Waals surface area (Å²) in [6.45, 7) is 4.42. The van der Waals surface area contributed by atoms with Crippen molar-refractivity contribution >= 4 is 12.4 Å². The van der Waals surface area contributed by atoms with E-state index >= 15 is 0 Å². The largest absolute Gasteiger partial charge is 0.287 e. The molecule has 0 aromatic heterocycles. The molecule has 0 fully saturated rings. The van der Waals surface area contributed by atoms with E-state index in [-0.39, 0.29) is 0 Å². The lowest BCUT2D eigenvalue weighted by Gasteiger charge is -1.88. The predicted molar refractivity (Wildman–Crippen MR) is 49.3 cm³/mol. The Labute approximate surface area is 66.4 Å². The minimum atomic E-state index is 0.711. The van der Waals surface area contributed by atoms with Crippen molar-refractivity contribution in [1.82, 2.24) is 0 Å². The molecule has 0 radical (unpaired) electrons. The molecular formula is C9H10N2. The Kier molecular flexibility index (Phi) is 3.06. The van der Waals surface area contributed by atoms with E-state index in [9.17, 15) is 0 Å². The van der Waals surface area contributed by atoms with Crippen LogP contribution >= 0.6 is 0 Å². The summed E-state index contributed by atoms with van der Waals surface area (Å²) >= 11 is 0. The third kappa shape index (κ3) is 3.30. The highest BCUT2D eigenvalue weighted by Crippen LogP contribution is 1.94. The Balaban J connectivity index is 2.69. The van der Waals surface area contributed by atoms with Crippen molar-refractivity contribution in [2.75, 3.05) is 6.54 Å². The van der Waals surface area contributed by atoms with Crippen molar-refractivity contribution in [2.24, 2.45) is 9.98 Å². The van der Waals surface area contributed by atoms with E-state index in [0.29, 0.717) is 6.54 Å². The number of nitrogens with zero attached hydrogens (tertiary/aromatic N) is 2. The van der Waals surface area contributed by atoms with Gasteiger partial charge in [-0.25, -0.2) is 0 Å². The van der Waals surface area contributed by atoms with E-state index in [0.717, 1.165) is 5.70 Å². The molecule has 0 unspecified atom stereocenters. The van der Waals surface area contributed by atoms with Gasteiger partial charge < -0.3 is 0 Å². The van der Waals surface area contributed by atoms with Gasteiger partial charge in [-0.05, 0) is 6.08 Å². The quantitative estimate of drug-likeness (QED) is 0.497. The monoisotopic (exact) mass is 146 g/mol. The molecule has 11 heavy (non-hydrogen) atoms. The van der Waals surface area contributed by atoms with Gasteiger partial charge in [0.05, 0.1) is 12.2 Å². The van der Waals surface area contributed by atoms with Crippen molar-refractivity contribution in [3.8, 4) is 0 Å². The van der Waals surface area contributed by atoms with Gasteiger partial charge in [-0.3, -0.25) is 9.98 Å². The molecule has 1 aliphatic heterocycles. The SMILES string of the molecule is C=C1/C=C\C=C/CN=CC=N1. The van der Waals surface area contributed by atoms with Gasteiger partial charge in [0.1, 0.15) is 0 Å². The van der Waals surface area contributed by atoms with Crippen molar-refractivity contribution in [3.05, 3.63) is 36.6 Å². The summed E-state index contributed by atoms with van der Waals surface area (Å²) in [4.78, 5) is 8.03. The van der Waals surface area contributed by atoms with E-state index in [1.54, 1.807) is 12.4 Å². The van der Waals surface area contributed by atoms with Crippen molar-refractivity contribution < 1.29 is 0 Å². The van der Waals surface area contributed by atoms with Gasteiger partial charge in [0, 0.05) is 12.4 Å². The Hall–Kier alpha value is -1.44. The predicted octanol–water partition coefficient (Wildman–Crippen LogP) is 1.77. The first kappa shape index (κ1) is 7.66. The molecule has 0 amide bonds. The summed E-state index contributed by atoms with van der Waals surface area (Å²) < 4.78 is 0. The van der Waals surface area contributed by atoms with Crippen LogP contribution < -0.4 is 0 Å². The second-order valence-electron chi connectivity index (χ2n) is 2.07. The van der Waals surface area contributed by atoms with Gasteiger partial charge >= 0.3 is 0 Å². The minimum Gasteiger partial charge on any atom is -0.287 e. The summed E-state index contributed by atoms with van der Waals surface area (Å²) in [7, 11) is 0. The molecule has 1 rings (SSSR count). The van der Waals surface area contributed by atoms with Crippen LogP contribution in [0.4, 0.5) is 0 Å². The highest BCUT2D eigenvalue weighted by atomic mass is 14.7. The number of hydrogen-bond acceptors (Lipinski definition) is 2. The molecular weight excluding hydrogens is 136 g/mol. The number of rotatable bonds is 0. The zero-order chi connectivity index (χ0) is 7.94. The van der Waals surface area contributed by atoms with Gasteiger partial charge in [-0.2, -0.15) is 0 Å². The lowest BCUT2D eigenvalue weighted by Crippen LogP contribution is -1.81. The molecule has 0 saturated carbocycles. The first-order valence-electron chi connectivity index (χ1n) is 3.44. The van der Waals surface area contributed by atoms with E-state index in [2.05, 4.69) is 16.6 Å². The first-order chi connectivity index (χ1) is 5.39. The molecule has 0 saturated heterocycles. The van der Waals surface area contributed by atoms with E-state index in [1.807, 2.05) is 24.3 Å². The summed E-state index contributed by atoms with van der Waals surface area (Å²) in [5, 5.41) is 0. The third-order valence-corrected chi connectivity index (χ3v) is 1.16. The Morgan fingerprint density at radius 2 is 2.18 bits per heavy atom. The topological polar surface area (TPSA) is 24.7 Å². The molecule has 0 aliphatic carbocycles. The number of aliphatic imine (C=N–C) groups is 2. The molecule has 56 valence electrons. The van der Waals surface area contributed by atoms with Crippen LogP contribution in [-0.2, 0) is 0 Å². The zero-order valence-electron chi connectivity index (χ0n) is 6.27. The Bertz CT molecular complexity index is 220. The molecule has 0 N–H and O–H groups in total. The summed E-state index contributed by atoms with van der Waals surface area (Å²) in [5.41, 5.74) is 0.739. The average Bonchev–Trinajstić information content (AvgIpc) is 2.03. The normalized spacial score (nSPS) is 23.1. The third-order valence-electron chi connectivity index (χ3n) is 1.16. The van der Waals surface area contributed by atoms with E-state index < -0.39 is 0 Å². The molecule has 0 bridgehead atoms. The van der Waals surface area contributed by atoms with Gasteiger partial charge in [0.15, 0.2) is 0 Å². The van der Waals surface area contributed by atoms with Crippen LogP contribution in [0.5, 0.6) is 0 Å². The first-order valence-corrected chi connectivity index (χ1v) is 3.44. The van der Waals surface area contributed by atoms with E-state index in [1.165, 1.54) is 0 Å². The Morgan fingerprint density at radius 3 is 3.09 bits per heavy atom. The lowest BCUT2D eigenvalue weighted by atomic mass is 10.4. The average molecular weight is 146 g/mol. The van der Waals surface area contributed by atoms with Gasteiger partial charge in [0.2, 0.25) is 0 Å². The fraction of sp³-hybridized carbons (Fsp3) is 0.111. The highest BCUT2D eigenvalue weighted by molar-refractivity contribution is 6.16. The second kappa shape index (κ2) is 4.39. The molecule has 1 heterocycles. The maximum atomic E-state index is 4.03. The minimum absolute atomic E-state index is 0.711. The maximum absolute atomic E-state index is 4.03. The van der Waals surface area contributed by atoms with Crippen LogP contribution in [0, 0.1) is 0 Å². The van der Waals surface area contributed by atoms with Crippen LogP contribution in [0.3, 0.4) is 0 Å². The van der Waals surface area contributed by atoms with Crippen molar-refractivity contribution in [2.45, 2.75) is 0 Å². The smallest absolute Gasteiger partial charge is 0.0573 e. The standard InChI is InChI=1S/C9H10N2/c1-9-5-3-2-4-6-10-7-8-11-9/h2-5,7-8H,1,6H2/b4-2-,5-3-,10-7?,11-8?. The fourth-order valence-corrected chi connectivity index (χ4v) is 0.647. The fourth-order valence-electron chi connectivity index (χ4n) is 0.647.